The summed E-state index contributed by atoms with van der Waals surface area (Å²) >= 11 is 0. The summed E-state index contributed by atoms with van der Waals surface area (Å²) in [6, 6.07) is 4.57. The van der Waals surface area contributed by atoms with Gasteiger partial charge in [0.15, 0.2) is 0 Å². The Kier molecular flexibility index (Phi) is 5.72. The number of carbonyl (C=O) groups is 2. The number of amides is 2. The van der Waals surface area contributed by atoms with Crippen LogP contribution in [0.1, 0.15) is 44.1 Å². The van der Waals surface area contributed by atoms with Gasteiger partial charge in [-0.25, -0.2) is 0 Å². The minimum absolute atomic E-state index is 0.0889. The molecule has 3 aliphatic rings. The Balaban J connectivity index is 1.28. The van der Waals surface area contributed by atoms with Gasteiger partial charge in [0.2, 0.25) is 11.8 Å². The summed E-state index contributed by atoms with van der Waals surface area (Å²) < 4.78 is 0. The quantitative estimate of drug-likeness (QED) is 0.812. The Morgan fingerprint density at radius 2 is 1.74 bits per heavy atom. The second-order valence-electron chi connectivity index (χ2n) is 8.18. The van der Waals surface area contributed by atoms with E-state index in [9.17, 15) is 9.59 Å². The third kappa shape index (κ3) is 4.32. The van der Waals surface area contributed by atoms with Gasteiger partial charge in [-0.3, -0.25) is 19.5 Å². The van der Waals surface area contributed by atoms with Gasteiger partial charge in [-0.2, -0.15) is 0 Å². The fourth-order valence-electron chi connectivity index (χ4n) is 4.81. The lowest BCUT2D eigenvalue weighted by Crippen LogP contribution is -2.53. The summed E-state index contributed by atoms with van der Waals surface area (Å²) in [6.07, 6.45) is 10.5. The van der Waals surface area contributed by atoms with Crippen LogP contribution in [0.15, 0.2) is 24.5 Å². The maximum absolute atomic E-state index is 12.9. The molecular weight excluding hydrogens is 340 g/mol. The van der Waals surface area contributed by atoms with E-state index < -0.39 is 0 Å². The molecule has 146 valence electrons. The number of aromatic nitrogens is 1. The predicted molar refractivity (Wildman–Crippen MR) is 103 cm³/mol. The highest BCUT2D eigenvalue weighted by Gasteiger charge is 2.37. The van der Waals surface area contributed by atoms with E-state index in [0.29, 0.717) is 19.5 Å². The summed E-state index contributed by atoms with van der Waals surface area (Å²) in [4.78, 5) is 35.7. The smallest absolute Gasteiger partial charge is 0.228 e. The molecule has 2 saturated heterocycles. The fourth-order valence-corrected chi connectivity index (χ4v) is 4.81. The van der Waals surface area contributed by atoms with Crippen LogP contribution >= 0.6 is 0 Å². The molecule has 0 aromatic carbocycles. The Labute approximate surface area is 161 Å². The number of nitrogens with zero attached hydrogens (tertiary/aromatic N) is 4. The summed E-state index contributed by atoms with van der Waals surface area (Å²) in [5.41, 5.74) is 1.06. The molecule has 4 rings (SSSR count). The Morgan fingerprint density at radius 1 is 1.04 bits per heavy atom. The van der Waals surface area contributed by atoms with Crippen LogP contribution in [-0.2, 0) is 16.1 Å². The van der Waals surface area contributed by atoms with Gasteiger partial charge in [0.05, 0.1) is 5.92 Å². The van der Waals surface area contributed by atoms with E-state index in [-0.39, 0.29) is 17.7 Å². The zero-order valence-corrected chi connectivity index (χ0v) is 16.1. The molecule has 3 heterocycles. The van der Waals surface area contributed by atoms with Crippen molar-refractivity contribution in [3.05, 3.63) is 30.1 Å². The molecule has 0 spiro atoms. The van der Waals surface area contributed by atoms with Gasteiger partial charge >= 0.3 is 0 Å². The van der Waals surface area contributed by atoms with Crippen LogP contribution in [0.2, 0.25) is 0 Å². The molecular formula is C21H30N4O2. The number of piperazine rings is 1. The predicted octanol–water partition coefficient (Wildman–Crippen LogP) is 1.91. The van der Waals surface area contributed by atoms with Crippen LogP contribution in [0.3, 0.4) is 0 Å². The molecule has 6 heteroatoms. The zero-order valence-electron chi connectivity index (χ0n) is 16.1. The molecule has 6 nitrogen and oxygen atoms in total. The van der Waals surface area contributed by atoms with Crippen molar-refractivity contribution in [2.45, 2.75) is 51.1 Å². The van der Waals surface area contributed by atoms with Crippen LogP contribution in [0.5, 0.6) is 0 Å². The molecule has 1 aromatic rings. The fraction of sp³-hybridized carbons (Fsp3) is 0.667. The minimum Gasteiger partial charge on any atom is -0.340 e. The first-order chi connectivity index (χ1) is 13.2. The van der Waals surface area contributed by atoms with Crippen LogP contribution in [0.25, 0.3) is 0 Å². The molecule has 0 N–H and O–H groups in total. The molecule has 1 aliphatic carbocycles. The number of likely N-dealkylation sites (tertiary alicyclic amines) is 1. The van der Waals surface area contributed by atoms with E-state index in [1.165, 1.54) is 32.1 Å². The largest absolute Gasteiger partial charge is 0.340 e. The lowest BCUT2D eigenvalue weighted by molar-refractivity contribution is -0.137. The Hall–Kier alpha value is -1.95. The highest BCUT2D eigenvalue weighted by Crippen LogP contribution is 2.25. The molecule has 1 aromatic heterocycles. The van der Waals surface area contributed by atoms with Gasteiger partial charge in [-0.05, 0) is 30.5 Å². The van der Waals surface area contributed by atoms with Gasteiger partial charge in [0.25, 0.3) is 0 Å². The van der Waals surface area contributed by atoms with Crippen molar-refractivity contribution in [2.24, 2.45) is 5.92 Å². The number of rotatable bonds is 4. The minimum atomic E-state index is -0.180. The standard InChI is InChI=1S/C21H30N4O2/c26-20-14-18(16-25(20)15-17-6-8-22-9-7-17)21(27)24-12-10-23(11-13-24)19-4-2-1-3-5-19/h6-9,18-19H,1-5,10-16H2/t18-/m1/s1. The number of hydrogen-bond acceptors (Lipinski definition) is 4. The third-order valence-corrected chi connectivity index (χ3v) is 6.40. The van der Waals surface area contributed by atoms with Crippen LogP contribution in [-0.4, -0.2) is 70.3 Å². The van der Waals surface area contributed by atoms with Crippen LogP contribution in [0.4, 0.5) is 0 Å². The molecule has 1 saturated carbocycles. The van der Waals surface area contributed by atoms with Crippen molar-refractivity contribution in [1.29, 1.82) is 0 Å². The van der Waals surface area contributed by atoms with E-state index >= 15 is 0 Å². The first-order valence-corrected chi connectivity index (χ1v) is 10.4. The molecule has 0 bridgehead atoms. The van der Waals surface area contributed by atoms with Crippen molar-refractivity contribution in [3.8, 4) is 0 Å². The molecule has 3 fully saturated rings. The van der Waals surface area contributed by atoms with Crippen molar-refractivity contribution < 1.29 is 9.59 Å². The van der Waals surface area contributed by atoms with Gasteiger partial charge in [-0.1, -0.05) is 19.3 Å². The van der Waals surface area contributed by atoms with E-state index in [2.05, 4.69) is 9.88 Å². The number of carbonyl (C=O) groups excluding carboxylic acids is 2. The van der Waals surface area contributed by atoms with Crippen LogP contribution < -0.4 is 0 Å². The van der Waals surface area contributed by atoms with E-state index in [1.54, 1.807) is 12.4 Å². The van der Waals surface area contributed by atoms with E-state index in [4.69, 9.17) is 0 Å². The van der Waals surface area contributed by atoms with Gasteiger partial charge in [0.1, 0.15) is 0 Å². The summed E-state index contributed by atoms with van der Waals surface area (Å²) in [7, 11) is 0. The number of hydrogen-bond donors (Lipinski definition) is 0. The average Bonchev–Trinajstić information content (AvgIpc) is 3.09. The van der Waals surface area contributed by atoms with Gasteiger partial charge < -0.3 is 9.80 Å². The monoisotopic (exact) mass is 370 g/mol. The lowest BCUT2D eigenvalue weighted by Gasteiger charge is -2.41. The summed E-state index contributed by atoms with van der Waals surface area (Å²) in [5, 5.41) is 0. The highest BCUT2D eigenvalue weighted by molar-refractivity contribution is 5.89. The normalized spacial score (nSPS) is 25.2. The second-order valence-corrected chi connectivity index (χ2v) is 8.18. The van der Waals surface area contributed by atoms with Crippen molar-refractivity contribution >= 4 is 11.8 Å². The molecule has 0 radical (unpaired) electrons. The van der Waals surface area contributed by atoms with E-state index in [0.717, 1.165) is 37.8 Å². The highest BCUT2D eigenvalue weighted by atomic mass is 16.2. The molecule has 2 amide bonds. The van der Waals surface area contributed by atoms with Crippen LogP contribution in [0, 0.1) is 5.92 Å². The van der Waals surface area contributed by atoms with Crippen molar-refractivity contribution in [2.75, 3.05) is 32.7 Å². The Bertz CT molecular complexity index is 651. The van der Waals surface area contributed by atoms with Crippen molar-refractivity contribution in [3.63, 3.8) is 0 Å². The Morgan fingerprint density at radius 3 is 2.44 bits per heavy atom. The topological polar surface area (TPSA) is 56.8 Å². The average molecular weight is 370 g/mol. The summed E-state index contributed by atoms with van der Waals surface area (Å²) in [6.45, 7) is 4.70. The molecule has 2 aliphatic heterocycles. The van der Waals surface area contributed by atoms with Gasteiger partial charge in [0, 0.05) is 64.1 Å². The zero-order chi connectivity index (χ0) is 18.6. The first kappa shape index (κ1) is 18.4. The molecule has 0 unspecified atom stereocenters. The maximum Gasteiger partial charge on any atom is 0.228 e. The SMILES string of the molecule is O=C1C[C@@H](C(=O)N2CCN(C3CCCCC3)CC2)CN1Cc1ccncc1. The molecule has 1 atom stereocenters. The second kappa shape index (κ2) is 8.38. The third-order valence-electron chi connectivity index (χ3n) is 6.40. The first-order valence-electron chi connectivity index (χ1n) is 10.4. The van der Waals surface area contributed by atoms with Crippen molar-refractivity contribution in [1.82, 2.24) is 19.7 Å². The lowest BCUT2D eigenvalue weighted by atomic mass is 9.93. The number of pyridine rings is 1. The molecule has 27 heavy (non-hydrogen) atoms. The summed E-state index contributed by atoms with van der Waals surface area (Å²) in [5.74, 6) is 0.0791. The van der Waals surface area contributed by atoms with Gasteiger partial charge in [-0.15, -0.1) is 0 Å². The maximum atomic E-state index is 12.9. The van der Waals surface area contributed by atoms with E-state index in [1.807, 2.05) is 21.9 Å².